The molecule has 1 unspecified atom stereocenters. The van der Waals surface area contributed by atoms with Crippen LogP contribution in [-0.4, -0.2) is 38.3 Å². The van der Waals surface area contributed by atoms with Crippen molar-refractivity contribution >= 4 is 36.4 Å². The molecule has 2 heterocycles. The van der Waals surface area contributed by atoms with Gasteiger partial charge in [0, 0.05) is 49.9 Å². The Bertz CT molecular complexity index is 640. The van der Waals surface area contributed by atoms with Gasteiger partial charge in [-0.25, -0.2) is 0 Å². The van der Waals surface area contributed by atoms with Gasteiger partial charge in [0.05, 0.1) is 6.42 Å². The van der Waals surface area contributed by atoms with Crippen LogP contribution in [0, 0.1) is 0 Å². The molecular weight excluding hydrogens is 390 g/mol. The zero-order valence-corrected chi connectivity index (χ0v) is 16.1. The van der Waals surface area contributed by atoms with Gasteiger partial charge in [-0.2, -0.15) is 13.2 Å². The van der Waals surface area contributed by atoms with Crippen molar-refractivity contribution in [1.29, 1.82) is 0 Å². The minimum absolute atomic E-state index is 0. The summed E-state index contributed by atoms with van der Waals surface area (Å²) in [5, 5.41) is 6.07. The molecule has 1 amide bonds. The van der Waals surface area contributed by atoms with Crippen LogP contribution < -0.4 is 15.5 Å². The van der Waals surface area contributed by atoms with Gasteiger partial charge in [0.1, 0.15) is 0 Å². The normalized spacial score (nSPS) is 18.3. The van der Waals surface area contributed by atoms with Crippen LogP contribution in [-0.2, 0) is 6.54 Å². The predicted octanol–water partition coefficient (Wildman–Crippen LogP) is 3.63. The van der Waals surface area contributed by atoms with Gasteiger partial charge in [0.15, 0.2) is 0 Å². The number of alkyl halides is 3. The number of rotatable bonds is 4. The lowest BCUT2D eigenvalue weighted by Crippen LogP contribution is -2.29. The van der Waals surface area contributed by atoms with Gasteiger partial charge in [-0.1, -0.05) is 13.0 Å². The van der Waals surface area contributed by atoms with Crippen LogP contribution in [0.3, 0.4) is 0 Å². The van der Waals surface area contributed by atoms with Gasteiger partial charge < -0.3 is 15.5 Å². The molecule has 0 radical (unpaired) electrons. The molecule has 0 fully saturated rings. The molecule has 4 nitrogen and oxygen atoms in total. The molecule has 26 heavy (non-hydrogen) atoms. The van der Waals surface area contributed by atoms with Crippen LogP contribution in [0.15, 0.2) is 12.1 Å². The Morgan fingerprint density at radius 1 is 1.35 bits per heavy atom. The number of nitrogens with zero attached hydrogens (tertiary/aromatic N) is 1. The second-order valence-corrected chi connectivity index (χ2v) is 6.43. The Morgan fingerprint density at radius 2 is 2.08 bits per heavy atom. The van der Waals surface area contributed by atoms with Crippen molar-refractivity contribution in [3.8, 4) is 0 Å². The first-order valence-electron chi connectivity index (χ1n) is 8.37. The molecule has 148 valence electrons. The summed E-state index contributed by atoms with van der Waals surface area (Å²) in [6, 6.07) is 3.54. The summed E-state index contributed by atoms with van der Waals surface area (Å²) in [6.45, 7) is 4.79. The number of hydrogen-bond acceptors (Lipinski definition) is 3. The third-order valence-electron chi connectivity index (χ3n) is 4.60. The molecule has 9 heteroatoms. The number of benzene rings is 1. The van der Waals surface area contributed by atoms with E-state index in [-0.39, 0.29) is 30.7 Å². The SMILES string of the molecule is CCCNC(=O)c1ccc2c3c1C(CC(F)(F)F)CN3CCNC2.Cl.Cl. The molecule has 0 spiro atoms. The molecule has 2 aliphatic heterocycles. The number of anilines is 1. The number of hydrogen-bond donors (Lipinski definition) is 2. The zero-order valence-electron chi connectivity index (χ0n) is 14.5. The predicted molar refractivity (Wildman–Crippen MR) is 101 cm³/mol. The summed E-state index contributed by atoms with van der Waals surface area (Å²) >= 11 is 0. The van der Waals surface area contributed by atoms with Gasteiger partial charge in [-0.15, -0.1) is 24.8 Å². The standard InChI is InChI=1S/C17H22F3N3O.2ClH/c1-2-5-22-16(24)13-4-3-11-9-21-6-7-23-10-12(8-17(18,19)20)14(13)15(11)23;;/h3-4,12,21H,2,5-10H2,1H3,(H,22,24);2*1H. The number of carbonyl (C=O) groups excluding carboxylic acids is 1. The highest BCUT2D eigenvalue weighted by atomic mass is 35.5. The van der Waals surface area contributed by atoms with Crippen LogP contribution in [0.4, 0.5) is 18.9 Å². The second kappa shape index (κ2) is 9.15. The van der Waals surface area contributed by atoms with Crippen molar-refractivity contribution in [1.82, 2.24) is 10.6 Å². The monoisotopic (exact) mass is 413 g/mol. The maximum Gasteiger partial charge on any atom is 0.389 e. The van der Waals surface area contributed by atoms with Gasteiger partial charge >= 0.3 is 6.18 Å². The van der Waals surface area contributed by atoms with E-state index < -0.39 is 18.5 Å². The first-order valence-corrected chi connectivity index (χ1v) is 8.37. The van der Waals surface area contributed by atoms with E-state index in [1.807, 2.05) is 17.9 Å². The highest BCUT2D eigenvalue weighted by Gasteiger charge is 2.41. The fourth-order valence-electron chi connectivity index (χ4n) is 3.65. The highest BCUT2D eigenvalue weighted by Crippen LogP contribution is 2.46. The minimum atomic E-state index is -4.24. The molecule has 0 aromatic heterocycles. The summed E-state index contributed by atoms with van der Waals surface area (Å²) in [4.78, 5) is 14.5. The van der Waals surface area contributed by atoms with E-state index in [4.69, 9.17) is 0 Å². The van der Waals surface area contributed by atoms with Crippen molar-refractivity contribution in [2.45, 2.75) is 38.4 Å². The summed E-state index contributed by atoms with van der Waals surface area (Å²) in [5.74, 6) is -0.957. The van der Waals surface area contributed by atoms with Crippen LogP contribution in [0.2, 0.25) is 0 Å². The van der Waals surface area contributed by atoms with Crippen LogP contribution >= 0.6 is 24.8 Å². The molecule has 0 bridgehead atoms. The van der Waals surface area contributed by atoms with Crippen molar-refractivity contribution < 1.29 is 18.0 Å². The molecule has 1 aromatic rings. The maximum absolute atomic E-state index is 13.0. The quantitative estimate of drug-likeness (QED) is 0.791. The van der Waals surface area contributed by atoms with Crippen molar-refractivity contribution in [2.24, 2.45) is 0 Å². The van der Waals surface area contributed by atoms with Crippen LogP contribution in [0.25, 0.3) is 0 Å². The topological polar surface area (TPSA) is 44.4 Å². The first-order chi connectivity index (χ1) is 11.4. The summed E-state index contributed by atoms with van der Waals surface area (Å²) in [7, 11) is 0. The van der Waals surface area contributed by atoms with E-state index in [2.05, 4.69) is 10.6 Å². The van der Waals surface area contributed by atoms with Crippen molar-refractivity contribution in [2.75, 3.05) is 31.1 Å². The van der Waals surface area contributed by atoms with E-state index >= 15 is 0 Å². The van der Waals surface area contributed by atoms with E-state index in [0.29, 0.717) is 37.3 Å². The van der Waals surface area contributed by atoms with E-state index in [1.165, 1.54) is 0 Å². The summed E-state index contributed by atoms with van der Waals surface area (Å²) in [5.41, 5.74) is 2.76. The zero-order chi connectivity index (χ0) is 17.3. The fraction of sp³-hybridized carbons (Fsp3) is 0.588. The number of nitrogens with one attached hydrogen (secondary N) is 2. The lowest BCUT2D eigenvalue weighted by atomic mass is 9.90. The van der Waals surface area contributed by atoms with Crippen LogP contribution in [0.5, 0.6) is 0 Å². The maximum atomic E-state index is 13.0. The Labute approximate surface area is 163 Å². The van der Waals surface area contributed by atoms with Gasteiger partial charge in [0.25, 0.3) is 5.91 Å². The van der Waals surface area contributed by atoms with Gasteiger partial charge in [-0.05, 0) is 23.6 Å². The number of amides is 1. The molecule has 0 saturated carbocycles. The van der Waals surface area contributed by atoms with Crippen LogP contribution in [0.1, 0.15) is 47.2 Å². The number of halogens is 5. The lowest BCUT2D eigenvalue weighted by Gasteiger charge is -2.19. The Kier molecular flexibility index (Phi) is 8.04. The lowest BCUT2D eigenvalue weighted by molar-refractivity contribution is -0.138. The Hall–Kier alpha value is -1.18. The average molecular weight is 414 g/mol. The largest absolute Gasteiger partial charge is 0.389 e. The molecule has 2 aliphatic rings. The number of carbonyl (C=O) groups is 1. The first kappa shape index (κ1) is 22.9. The Morgan fingerprint density at radius 3 is 2.73 bits per heavy atom. The minimum Gasteiger partial charge on any atom is -0.369 e. The molecule has 1 aromatic carbocycles. The average Bonchev–Trinajstić information content (AvgIpc) is 2.73. The van der Waals surface area contributed by atoms with E-state index in [1.54, 1.807) is 6.07 Å². The third kappa shape index (κ3) is 4.75. The smallest absolute Gasteiger partial charge is 0.369 e. The fourth-order valence-corrected chi connectivity index (χ4v) is 3.65. The summed E-state index contributed by atoms with van der Waals surface area (Å²) in [6.07, 6.45) is -4.34. The molecule has 0 saturated heterocycles. The van der Waals surface area contributed by atoms with E-state index in [0.717, 1.165) is 24.2 Å². The molecule has 1 atom stereocenters. The third-order valence-corrected chi connectivity index (χ3v) is 4.60. The van der Waals surface area contributed by atoms with Crippen molar-refractivity contribution in [3.05, 3.63) is 28.8 Å². The molecular formula is C17H24Cl2F3N3O. The molecule has 0 aliphatic carbocycles. The van der Waals surface area contributed by atoms with Gasteiger partial charge in [0.2, 0.25) is 0 Å². The van der Waals surface area contributed by atoms with E-state index in [9.17, 15) is 18.0 Å². The summed E-state index contributed by atoms with van der Waals surface area (Å²) < 4.78 is 39.1. The van der Waals surface area contributed by atoms with Gasteiger partial charge in [-0.3, -0.25) is 4.79 Å². The highest BCUT2D eigenvalue weighted by molar-refractivity contribution is 5.98. The molecule has 2 N–H and O–H groups in total. The van der Waals surface area contributed by atoms with Crippen molar-refractivity contribution in [3.63, 3.8) is 0 Å². The second-order valence-electron chi connectivity index (χ2n) is 6.43. The molecule has 3 rings (SSSR count). The Balaban J connectivity index is 0.00000169.